The van der Waals surface area contributed by atoms with Crippen molar-refractivity contribution in [1.29, 1.82) is 0 Å². The van der Waals surface area contributed by atoms with Crippen LogP contribution in [0.5, 0.6) is 5.75 Å². The van der Waals surface area contributed by atoms with Gasteiger partial charge in [-0.3, -0.25) is 4.79 Å². The number of pyridine rings is 1. The molecule has 0 fully saturated rings. The molecule has 3 N–H and O–H groups in total. The van der Waals surface area contributed by atoms with Crippen LogP contribution in [0.4, 0.5) is 10.1 Å². The topological polar surface area (TPSA) is 94.3 Å². The average molecular weight is 365 g/mol. The smallest absolute Gasteiger partial charge is 0.189 e. The van der Waals surface area contributed by atoms with Gasteiger partial charge in [0, 0.05) is 29.3 Å². The molecule has 0 saturated carbocycles. The van der Waals surface area contributed by atoms with E-state index in [2.05, 4.69) is 5.16 Å². The number of benzene rings is 2. The molecule has 0 saturated heterocycles. The van der Waals surface area contributed by atoms with E-state index in [4.69, 9.17) is 10.3 Å². The second kappa shape index (κ2) is 5.98. The van der Waals surface area contributed by atoms with Crippen LogP contribution in [-0.4, -0.2) is 14.8 Å². The van der Waals surface area contributed by atoms with Crippen LogP contribution in [-0.2, 0) is 0 Å². The molecule has 0 aliphatic carbocycles. The molecule has 2 aromatic heterocycles. The Bertz CT molecular complexity index is 1240. The van der Waals surface area contributed by atoms with Crippen molar-refractivity contribution in [1.82, 2.24) is 9.72 Å². The van der Waals surface area contributed by atoms with Crippen molar-refractivity contribution >= 4 is 16.6 Å². The molecule has 0 atom stereocenters. The van der Waals surface area contributed by atoms with Crippen LogP contribution in [0.2, 0.25) is 0 Å². The quantitative estimate of drug-likeness (QED) is 0.417. The molecule has 0 amide bonds. The van der Waals surface area contributed by atoms with Gasteiger partial charge >= 0.3 is 0 Å². The highest BCUT2D eigenvalue weighted by Crippen LogP contribution is 2.31. The number of phenolic OH excluding ortho intramolecular Hbond substituents is 1. The zero-order valence-electron chi connectivity index (χ0n) is 14.7. The summed E-state index contributed by atoms with van der Waals surface area (Å²) in [6.45, 7) is 3.63. The fraction of sp³-hybridized carbons (Fsp3) is 0.100. The molecule has 136 valence electrons. The van der Waals surface area contributed by atoms with E-state index in [1.165, 1.54) is 22.9 Å². The van der Waals surface area contributed by atoms with Crippen molar-refractivity contribution < 1.29 is 14.0 Å². The van der Waals surface area contributed by atoms with E-state index in [0.717, 1.165) is 22.9 Å². The number of aromatic nitrogens is 2. The van der Waals surface area contributed by atoms with Gasteiger partial charge in [-0.15, -0.1) is 0 Å². The van der Waals surface area contributed by atoms with E-state index in [9.17, 15) is 14.3 Å². The zero-order valence-corrected chi connectivity index (χ0v) is 14.7. The van der Waals surface area contributed by atoms with Gasteiger partial charge in [0.25, 0.3) is 0 Å². The number of hydrogen-bond acceptors (Lipinski definition) is 5. The van der Waals surface area contributed by atoms with E-state index in [1.807, 2.05) is 13.0 Å². The summed E-state index contributed by atoms with van der Waals surface area (Å²) < 4.78 is 21.3. The van der Waals surface area contributed by atoms with Gasteiger partial charge in [0.2, 0.25) is 0 Å². The van der Waals surface area contributed by atoms with E-state index in [0.29, 0.717) is 16.7 Å². The fourth-order valence-electron chi connectivity index (χ4n) is 3.26. The maximum Gasteiger partial charge on any atom is 0.189 e. The Morgan fingerprint density at radius 2 is 1.96 bits per heavy atom. The van der Waals surface area contributed by atoms with Crippen molar-refractivity contribution in [2.24, 2.45) is 0 Å². The van der Waals surface area contributed by atoms with Crippen molar-refractivity contribution in [3.63, 3.8) is 0 Å². The highest BCUT2D eigenvalue weighted by Gasteiger charge is 2.15. The van der Waals surface area contributed by atoms with Crippen LogP contribution in [0, 0.1) is 19.7 Å². The molecule has 0 bridgehead atoms. The first-order valence-corrected chi connectivity index (χ1v) is 8.24. The first kappa shape index (κ1) is 16.8. The number of nitrogens with two attached hydrogens (primary N) is 1. The van der Waals surface area contributed by atoms with Crippen LogP contribution >= 0.6 is 0 Å². The second-order valence-electron chi connectivity index (χ2n) is 6.34. The van der Waals surface area contributed by atoms with Gasteiger partial charge in [-0.05, 0) is 37.6 Å². The number of fused-ring (bicyclic) bond motifs is 1. The number of rotatable bonds is 2. The molecule has 27 heavy (non-hydrogen) atoms. The highest BCUT2D eigenvalue weighted by atomic mass is 19.1. The van der Waals surface area contributed by atoms with Crippen LogP contribution in [0.25, 0.3) is 27.7 Å². The summed E-state index contributed by atoms with van der Waals surface area (Å²) in [7, 11) is 0. The molecule has 2 aromatic carbocycles. The molecular formula is C20H16FN3O3. The van der Waals surface area contributed by atoms with Crippen molar-refractivity contribution in [2.75, 3.05) is 5.73 Å². The molecule has 0 aliphatic heterocycles. The summed E-state index contributed by atoms with van der Waals surface area (Å²) in [4.78, 5) is 12.3. The molecule has 6 nitrogen and oxygen atoms in total. The Labute approximate surface area is 153 Å². The highest BCUT2D eigenvalue weighted by molar-refractivity contribution is 5.86. The van der Waals surface area contributed by atoms with Crippen molar-refractivity contribution in [3.8, 4) is 22.6 Å². The molecule has 0 unspecified atom stereocenters. The Hall–Kier alpha value is -3.61. The Morgan fingerprint density at radius 3 is 2.67 bits per heavy atom. The maximum atomic E-state index is 14.5. The first-order chi connectivity index (χ1) is 12.9. The van der Waals surface area contributed by atoms with Crippen LogP contribution in [0.3, 0.4) is 0 Å². The molecule has 0 aliphatic rings. The van der Waals surface area contributed by atoms with Crippen LogP contribution in [0.1, 0.15) is 11.5 Å². The number of aryl methyl sites for hydroxylation is 2. The van der Waals surface area contributed by atoms with Crippen molar-refractivity contribution in [3.05, 3.63) is 70.1 Å². The number of anilines is 1. The lowest BCUT2D eigenvalue weighted by Gasteiger charge is -2.14. The lowest BCUT2D eigenvalue weighted by molar-refractivity contribution is 0.393. The van der Waals surface area contributed by atoms with Gasteiger partial charge in [0.15, 0.2) is 11.2 Å². The van der Waals surface area contributed by atoms with Gasteiger partial charge in [0.05, 0.1) is 22.6 Å². The molecule has 0 radical (unpaired) electrons. The van der Waals surface area contributed by atoms with Crippen LogP contribution < -0.4 is 11.2 Å². The van der Waals surface area contributed by atoms with Gasteiger partial charge in [-0.2, -0.15) is 0 Å². The van der Waals surface area contributed by atoms with Gasteiger partial charge in [-0.1, -0.05) is 11.2 Å². The molecular weight excluding hydrogens is 349 g/mol. The maximum absolute atomic E-state index is 14.5. The Kier molecular flexibility index (Phi) is 3.73. The predicted molar refractivity (Wildman–Crippen MR) is 101 cm³/mol. The standard InChI is InChI=1S/C20H16FN3O3/c1-10-20(11(2)27-23-10)12-3-4-13-16(7-12)24(6-5-18(13)25)17-9-15(22)19(26)8-14(17)21/h3-9,26H,22H2,1-2H3. The van der Waals surface area contributed by atoms with E-state index in [1.54, 1.807) is 19.1 Å². The SMILES string of the molecule is Cc1noc(C)c1-c1ccc2c(=O)ccn(-c3cc(N)c(O)cc3F)c2c1. The predicted octanol–water partition coefficient (Wildman–Crippen LogP) is 3.69. The second-order valence-corrected chi connectivity index (χ2v) is 6.34. The molecule has 4 aromatic rings. The zero-order chi connectivity index (χ0) is 19.3. The van der Waals surface area contributed by atoms with E-state index < -0.39 is 5.82 Å². The third-order valence-electron chi connectivity index (χ3n) is 4.58. The van der Waals surface area contributed by atoms with E-state index in [-0.39, 0.29) is 22.6 Å². The van der Waals surface area contributed by atoms with Gasteiger partial charge < -0.3 is 19.9 Å². The summed E-state index contributed by atoms with van der Waals surface area (Å²) in [6.07, 6.45) is 1.48. The number of aromatic hydroxyl groups is 1. The molecule has 0 spiro atoms. The lowest BCUT2D eigenvalue weighted by atomic mass is 10.0. The number of halogens is 1. The monoisotopic (exact) mass is 365 g/mol. The van der Waals surface area contributed by atoms with Gasteiger partial charge in [-0.25, -0.2) is 4.39 Å². The summed E-state index contributed by atoms with van der Waals surface area (Å²) in [5, 5.41) is 14.0. The number of nitrogens with zero attached hydrogens (tertiary/aromatic N) is 2. The Balaban J connectivity index is 2.05. The minimum absolute atomic E-state index is 0.0418. The van der Waals surface area contributed by atoms with E-state index >= 15 is 0 Å². The summed E-state index contributed by atoms with van der Waals surface area (Å²) in [6, 6.07) is 8.93. The molecule has 4 rings (SSSR count). The average Bonchev–Trinajstić information content (AvgIpc) is 2.97. The third kappa shape index (κ3) is 2.64. The largest absolute Gasteiger partial charge is 0.506 e. The molecule has 7 heteroatoms. The minimum atomic E-state index is -0.658. The fourth-order valence-corrected chi connectivity index (χ4v) is 3.26. The lowest BCUT2D eigenvalue weighted by Crippen LogP contribution is -2.08. The molecule has 2 heterocycles. The van der Waals surface area contributed by atoms with Crippen molar-refractivity contribution in [2.45, 2.75) is 13.8 Å². The summed E-state index contributed by atoms with van der Waals surface area (Å²) >= 11 is 0. The summed E-state index contributed by atoms with van der Waals surface area (Å²) in [5.74, 6) is -0.343. The summed E-state index contributed by atoms with van der Waals surface area (Å²) in [5.41, 5.74) is 8.57. The number of nitrogen functional groups attached to an aromatic ring is 1. The minimum Gasteiger partial charge on any atom is -0.506 e. The third-order valence-corrected chi connectivity index (χ3v) is 4.58. The normalized spacial score (nSPS) is 11.2. The van der Waals surface area contributed by atoms with Crippen LogP contribution in [0.15, 0.2) is 51.9 Å². The van der Waals surface area contributed by atoms with Gasteiger partial charge in [0.1, 0.15) is 11.5 Å². The Morgan fingerprint density at radius 1 is 1.19 bits per heavy atom. The number of hydrogen-bond donors (Lipinski definition) is 2. The number of phenols is 1. The first-order valence-electron chi connectivity index (χ1n) is 8.24.